The highest BCUT2D eigenvalue weighted by molar-refractivity contribution is 5.73. The maximum absolute atomic E-state index is 11.8. The molecule has 0 spiro atoms. The van der Waals surface area contributed by atoms with Crippen molar-refractivity contribution < 1.29 is 34.5 Å². The molecule has 0 aliphatic carbocycles. The van der Waals surface area contributed by atoms with E-state index in [2.05, 4.69) is 0 Å². The van der Waals surface area contributed by atoms with Crippen molar-refractivity contribution in [1.29, 1.82) is 0 Å². The lowest BCUT2D eigenvalue weighted by molar-refractivity contribution is -0.144. The fraction of sp³-hybridized carbons (Fsp3) is 0.789. The second-order valence-corrected chi connectivity index (χ2v) is 7.49. The Hall–Kier alpha value is -2.08. The smallest absolute Gasteiger partial charge is 0.320 e. The molecule has 1 aliphatic heterocycles. The second-order valence-electron chi connectivity index (χ2n) is 7.49. The molecule has 0 amide bonds. The first-order valence-corrected chi connectivity index (χ1v) is 10.3. The van der Waals surface area contributed by atoms with E-state index in [-0.39, 0.29) is 19.6 Å². The molecule has 0 saturated carbocycles. The Morgan fingerprint density at radius 2 is 1.23 bits per heavy atom. The number of hydrogen-bond donors (Lipinski definition) is 3. The minimum atomic E-state index is -0.987. The summed E-state index contributed by atoms with van der Waals surface area (Å²) >= 11 is 0. The van der Waals surface area contributed by atoms with Crippen LogP contribution in [-0.2, 0) is 19.2 Å². The van der Waals surface area contributed by atoms with Crippen molar-refractivity contribution in [2.45, 2.75) is 25.8 Å². The van der Waals surface area contributed by atoms with Gasteiger partial charge in [0.05, 0.1) is 19.6 Å². The Balaban J connectivity index is 3.02. The summed E-state index contributed by atoms with van der Waals surface area (Å²) in [7, 11) is 0. The quantitative estimate of drug-likeness (QED) is 0.361. The summed E-state index contributed by atoms with van der Waals surface area (Å²) in [6.07, 6.45) is 1.97. The van der Waals surface area contributed by atoms with Crippen molar-refractivity contribution in [3.05, 3.63) is 0 Å². The monoisotopic (exact) mass is 430 g/mol. The van der Waals surface area contributed by atoms with E-state index in [9.17, 15) is 29.4 Å². The normalized spacial score (nSPS) is 20.0. The van der Waals surface area contributed by atoms with Crippen LogP contribution in [0.4, 0.5) is 0 Å². The van der Waals surface area contributed by atoms with Crippen LogP contribution in [-0.4, -0.2) is 137 Å². The number of carbonyl (C=O) groups excluding carboxylic acids is 1. The van der Waals surface area contributed by atoms with E-state index in [0.717, 1.165) is 6.29 Å². The highest BCUT2D eigenvalue weighted by atomic mass is 16.4. The first-order chi connectivity index (χ1) is 14.3. The molecule has 0 aromatic rings. The van der Waals surface area contributed by atoms with Crippen LogP contribution in [0.25, 0.3) is 0 Å². The van der Waals surface area contributed by atoms with Gasteiger partial charge in [0, 0.05) is 52.4 Å². The van der Waals surface area contributed by atoms with Gasteiger partial charge in [-0.15, -0.1) is 0 Å². The molecule has 30 heavy (non-hydrogen) atoms. The molecule has 1 unspecified atom stereocenters. The van der Waals surface area contributed by atoms with E-state index >= 15 is 0 Å². The average Bonchev–Trinajstić information content (AvgIpc) is 2.65. The third-order valence-electron chi connectivity index (χ3n) is 5.21. The molecule has 0 bridgehead atoms. The zero-order valence-electron chi connectivity index (χ0n) is 17.6. The number of nitrogens with zero attached hydrogens (tertiary/aromatic N) is 4. The molecule has 0 aromatic heterocycles. The van der Waals surface area contributed by atoms with Crippen molar-refractivity contribution in [2.75, 3.05) is 72.0 Å². The molecule has 0 radical (unpaired) electrons. The third-order valence-corrected chi connectivity index (χ3v) is 5.21. The van der Waals surface area contributed by atoms with Gasteiger partial charge < -0.3 is 20.1 Å². The fourth-order valence-corrected chi connectivity index (χ4v) is 3.59. The second kappa shape index (κ2) is 14.0. The average molecular weight is 431 g/mol. The Kier molecular flexibility index (Phi) is 12.1. The Bertz CT molecular complexity index is 575. The number of carboxylic acids is 3. The van der Waals surface area contributed by atoms with E-state index in [1.54, 1.807) is 9.80 Å². The number of aliphatic carboxylic acids is 3. The van der Waals surface area contributed by atoms with Gasteiger partial charge in [-0.05, 0) is 6.42 Å². The zero-order valence-corrected chi connectivity index (χ0v) is 17.6. The summed E-state index contributed by atoms with van der Waals surface area (Å²) in [5, 5.41) is 28.0. The van der Waals surface area contributed by atoms with Crippen LogP contribution in [0.15, 0.2) is 0 Å². The summed E-state index contributed by atoms with van der Waals surface area (Å²) in [4.78, 5) is 52.4. The van der Waals surface area contributed by atoms with Crippen LogP contribution in [0.5, 0.6) is 0 Å². The molecular weight excluding hydrogens is 396 g/mol. The standard InChI is InChI=1S/C19H34N4O7/c1-2-3-16(19(29)30)23-10-8-20(12-13-24)4-5-21(14-17(25)26)6-7-22(9-11-23)15-18(27)28/h13,16H,2-12,14-15H2,1H3,(H,25,26)(H,27,28)(H,29,30). The lowest BCUT2D eigenvalue weighted by Gasteiger charge is -2.35. The summed E-state index contributed by atoms with van der Waals surface area (Å²) in [5.41, 5.74) is 0. The van der Waals surface area contributed by atoms with Crippen molar-refractivity contribution in [3.8, 4) is 0 Å². The molecule has 172 valence electrons. The SMILES string of the molecule is CCCC(C(=O)O)N1CCN(CC=O)CCN(CC(=O)O)CCN(CC(=O)O)CC1. The topological polar surface area (TPSA) is 142 Å². The largest absolute Gasteiger partial charge is 0.480 e. The van der Waals surface area contributed by atoms with Gasteiger partial charge in [0.25, 0.3) is 0 Å². The molecule has 11 heteroatoms. The first-order valence-electron chi connectivity index (χ1n) is 10.3. The van der Waals surface area contributed by atoms with E-state index in [1.165, 1.54) is 0 Å². The summed E-state index contributed by atoms with van der Waals surface area (Å²) in [6, 6.07) is -0.675. The van der Waals surface area contributed by atoms with Crippen LogP contribution in [0, 0.1) is 0 Å². The van der Waals surface area contributed by atoms with Crippen molar-refractivity contribution in [2.24, 2.45) is 0 Å². The number of rotatable bonds is 10. The zero-order chi connectivity index (χ0) is 22.5. The highest BCUT2D eigenvalue weighted by Crippen LogP contribution is 2.10. The Morgan fingerprint density at radius 1 is 0.800 bits per heavy atom. The van der Waals surface area contributed by atoms with Crippen LogP contribution in [0.3, 0.4) is 0 Å². The summed E-state index contributed by atoms with van der Waals surface area (Å²) in [6.45, 7) is 4.95. The molecule has 0 aromatic carbocycles. The Labute approximate surface area is 176 Å². The van der Waals surface area contributed by atoms with Gasteiger partial charge in [0.15, 0.2) is 0 Å². The van der Waals surface area contributed by atoms with Crippen LogP contribution < -0.4 is 0 Å². The number of carboxylic acid groups (broad SMARTS) is 3. The van der Waals surface area contributed by atoms with Crippen LogP contribution >= 0.6 is 0 Å². The minimum absolute atomic E-state index is 0.167. The van der Waals surface area contributed by atoms with Gasteiger partial charge in [-0.1, -0.05) is 13.3 Å². The maximum Gasteiger partial charge on any atom is 0.320 e. The maximum atomic E-state index is 11.8. The van der Waals surface area contributed by atoms with Gasteiger partial charge in [-0.3, -0.25) is 34.0 Å². The molecule has 1 heterocycles. The van der Waals surface area contributed by atoms with E-state index in [0.29, 0.717) is 65.2 Å². The van der Waals surface area contributed by atoms with Gasteiger partial charge in [-0.25, -0.2) is 0 Å². The molecule has 1 atom stereocenters. The van der Waals surface area contributed by atoms with E-state index in [4.69, 9.17) is 5.11 Å². The summed E-state index contributed by atoms with van der Waals surface area (Å²) < 4.78 is 0. The molecule has 3 N–H and O–H groups in total. The fourth-order valence-electron chi connectivity index (χ4n) is 3.59. The van der Waals surface area contributed by atoms with Crippen LogP contribution in [0.1, 0.15) is 19.8 Å². The number of hydrogen-bond acceptors (Lipinski definition) is 8. The first kappa shape index (κ1) is 26.0. The predicted molar refractivity (Wildman–Crippen MR) is 109 cm³/mol. The predicted octanol–water partition coefficient (Wildman–Crippen LogP) is -1.17. The van der Waals surface area contributed by atoms with Crippen molar-refractivity contribution >= 4 is 24.2 Å². The molecule has 1 aliphatic rings. The highest BCUT2D eigenvalue weighted by Gasteiger charge is 2.26. The lowest BCUT2D eigenvalue weighted by atomic mass is 10.1. The number of carbonyl (C=O) groups is 4. The number of aldehydes is 1. The molecule has 1 rings (SSSR count). The van der Waals surface area contributed by atoms with E-state index < -0.39 is 23.9 Å². The molecular formula is C19H34N4O7. The van der Waals surface area contributed by atoms with Gasteiger partial charge >= 0.3 is 17.9 Å². The lowest BCUT2D eigenvalue weighted by Crippen LogP contribution is -2.51. The van der Waals surface area contributed by atoms with Crippen molar-refractivity contribution in [3.63, 3.8) is 0 Å². The molecule has 1 fully saturated rings. The molecule has 1 saturated heterocycles. The van der Waals surface area contributed by atoms with Gasteiger partial charge in [0.1, 0.15) is 12.3 Å². The minimum Gasteiger partial charge on any atom is -0.480 e. The summed E-state index contributed by atoms with van der Waals surface area (Å²) in [5.74, 6) is -2.87. The molecule has 11 nitrogen and oxygen atoms in total. The van der Waals surface area contributed by atoms with E-state index in [1.807, 2.05) is 16.7 Å². The Morgan fingerprint density at radius 3 is 1.63 bits per heavy atom. The van der Waals surface area contributed by atoms with Crippen LogP contribution in [0.2, 0.25) is 0 Å². The third kappa shape index (κ3) is 10.1. The van der Waals surface area contributed by atoms with Gasteiger partial charge in [0.2, 0.25) is 0 Å². The van der Waals surface area contributed by atoms with Crippen molar-refractivity contribution in [1.82, 2.24) is 19.6 Å². The van der Waals surface area contributed by atoms with Gasteiger partial charge in [-0.2, -0.15) is 0 Å².